The van der Waals surface area contributed by atoms with Crippen LogP contribution < -0.4 is 5.32 Å². The van der Waals surface area contributed by atoms with Gasteiger partial charge in [0.2, 0.25) is 11.8 Å². The Kier molecular flexibility index (Phi) is 7.83. The minimum Gasteiger partial charge on any atom is -0.354 e. The molecule has 0 atom stereocenters. The molecule has 0 heterocycles. The Bertz CT molecular complexity index is 477. The highest BCUT2D eigenvalue weighted by Gasteiger charge is 2.11. The summed E-state index contributed by atoms with van der Waals surface area (Å²) < 4.78 is 0. The van der Waals surface area contributed by atoms with Crippen LogP contribution in [0.3, 0.4) is 0 Å². The lowest BCUT2D eigenvalue weighted by Gasteiger charge is -2.22. The van der Waals surface area contributed by atoms with Gasteiger partial charge in [-0.1, -0.05) is 43.1 Å². The molecule has 0 aliphatic carbocycles. The van der Waals surface area contributed by atoms with Gasteiger partial charge in [-0.25, -0.2) is 0 Å². The summed E-state index contributed by atoms with van der Waals surface area (Å²) in [4.78, 5) is 24.9. The van der Waals surface area contributed by atoms with Crippen molar-refractivity contribution in [2.24, 2.45) is 0 Å². The zero-order valence-corrected chi connectivity index (χ0v) is 13.4. The topological polar surface area (TPSA) is 49.4 Å². The Morgan fingerprint density at radius 1 is 1.29 bits per heavy atom. The van der Waals surface area contributed by atoms with E-state index in [1.807, 2.05) is 31.2 Å². The van der Waals surface area contributed by atoms with E-state index in [0.29, 0.717) is 31.1 Å². The summed E-state index contributed by atoms with van der Waals surface area (Å²) in [6.07, 6.45) is 2.43. The summed E-state index contributed by atoms with van der Waals surface area (Å²) in [7, 11) is 0. The van der Waals surface area contributed by atoms with Gasteiger partial charge in [0.15, 0.2) is 0 Å². The third-order valence-corrected chi connectivity index (χ3v) is 3.59. The van der Waals surface area contributed by atoms with Gasteiger partial charge in [0, 0.05) is 38.0 Å². The van der Waals surface area contributed by atoms with E-state index < -0.39 is 0 Å². The lowest BCUT2D eigenvalue weighted by atomic mass is 10.2. The molecule has 0 aromatic heterocycles. The molecule has 5 heteroatoms. The number of benzene rings is 1. The van der Waals surface area contributed by atoms with Crippen LogP contribution in [0.4, 0.5) is 0 Å². The Morgan fingerprint density at radius 2 is 2.00 bits per heavy atom. The van der Waals surface area contributed by atoms with E-state index in [4.69, 9.17) is 11.6 Å². The molecule has 0 saturated heterocycles. The van der Waals surface area contributed by atoms with E-state index in [1.165, 1.54) is 6.92 Å². The van der Waals surface area contributed by atoms with Crippen LogP contribution in [0.15, 0.2) is 24.3 Å². The summed E-state index contributed by atoms with van der Waals surface area (Å²) in [5, 5.41) is 3.49. The Morgan fingerprint density at radius 3 is 2.62 bits per heavy atom. The minimum absolute atomic E-state index is 0.0299. The van der Waals surface area contributed by atoms with Crippen molar-refractivity contribution in [2.75, 3.05) is 13.1 Å². The number of hydrogen-bond acceptors (Lipinski definition) is 2. The number of unbranched alkanes of at least 4 members (excludes halogenated alkanes) is 1. The maximum absolute atomic E-state index is 11.7. The first kappa shape index (κ1) is 17.5. The summed E-state index contributed by atoms with van der Waals surface area (Å²) in [6.45, 7) is 4.98. The van der Waals surface area contributed by atoms with Crippen molar-refractivity contribution in [1.29, 1.82) is 0 Å². The Balaban J connectivity index is 2.46. The highest BCUT2D eigenvalue weighted by Crippen LogP contribution is 2.16. The number of carbonyl (C=O) groups excluding carboxylic acids is 2. The molecular weight excluding hydrogens is 288 g/mol. The van der Waals surface area contributed by atoms with E-state index in [-0.39, 0.29) is 11.8 Å². The predicted octanol–water partition coefficient (Wildman–Crippen LogP) is 2.99. The second-order valence-electron chi connectivity index (χ2n) is 4.99. The molecule has 116 valence electrons. The van der Waals surface area contributed by atoms with Crippen molar-refractivity contribution in [1.82, 2.24) is 10.2 Å². The molecule has 1 N–H and O–H groups in total. The van der Waals surface area contributed by atoms with Crippen LogP contribution in [-0.2, 0) is 16.1 Å². The third-order valence-electron chi connectivity index (χ3n) is 3.23. The van der Waals surface area contributed by atoms with E-state index in [9.17, 15) is 9.59 Å². The zero-order valence-electron chi connectivity index (χ0n) is 12.7. The molecule has 0 fully saturated rings. The average Bonchev–Trinajstić information content (AvgIpc) is 2.45. The van der Waals surface area contributed by atoms with Gasteiger partial charge in [-0.05, 0) is 18.1 Å². The molecule has 0 saturated carbocycles. The van der Waals surface area contributed by atoms with Crippen LogP contribution in [0.25, 0.3) is 0 Å². The maximum Gasteiger partial charge on any atom is 0.220 e. The molecule has 21 heavy (non-hydrogen) atoms. The van der Waals surface area contributed by atoms with Crippen molar-refractivity contribution in [2.45, 2.75) is 39.7 Å². The lowest BCUT2D eigenvalue weighted by molar-refractivity contribution is -0.130. The van der Waals surface area contributed by atoms with E-state index in [2.05, 4.69) is 5.32 Å². The average molecular weight is 311 g/mol. The number of amides is 2. The van der Waals surface area contributed by atoms with Crippen LogP contribution in [0.2, 0.25) is 5.02 Å². The maximum atomic E-state index is 11.7. The molecule has 2 amide bonds. The second kappa shape index (κ2) is 9.40. The molecular formula is C16H23ClN2O2. The summed E-state index contributed by atoms with van der Waals surface area (Å²) in [5.41, 5.74) is 0.909. The molecule has 1 aromatic rings. The Labute approximate surface area is 131 Å². The largest absolute Gasteiger partial charge is 0.354 e. The SMILES string of the molecule is CCCCC(=O)NCCN(Cc1ccccc1Cl)C(C)=O. The van der Waals surface area contributed by atoms with E-state index in [1.54, 1.807) is 4.90 Å². The first-order valence-corrected chi connectivity index (χ1v) is 7.68. The van der Waals surface area contributed by atoms with Crippen LogP contribution in [0.5, 0.6) is 0 Å². The number of nitrogens with one attached hydrogen (secondary N) is 1. The molecule has 0 aliphatic heterocycles. The van der Waals surface area contributed by atoms with Gasteiger partial charge in [-0.15, -0.1) is 0 Å². The van der Waals surface area contributed by atoms with Gasteiger partial charge in [0.1, 0.15) is 0 Å². The van der Waals surface area contributed by atoms with Gasteiger partial charge in [-0.3, -0.25) is 9.59 Å². The van der Waals surface area contributed by atoms with Crippen LogP contribution in [-0.4, -0.2) is 29.8 Å². The number of halogens is 1. The van der Waals surface area contributed by atoms with Gasteiger partial charge in [0.05, 0.1) is 0 Å². The van der Waals surface area contributed by atoms with Gasteiger partial charge in [-0.2, -0.15) is 0 Å². The summed E-state index contributed by atoms with van der Waals surface area (Å²) >= 11 is 6.11. The van der Waals surface area contributed by atoms with Gasteiger partial charge in [0.25, 0.3) is 0 Å². The fraction of sp³-hybridized carbons (Fsp3) is 0.500. The number of hydrogen-bond donors (Lipinski definition) is 1. The quantitative estimate of drug-likeness (QED) is 0.802. The van der Waals surface area contributed by atoms with Crippen LogP contribution in [0, 0.1) is 0 Å². The molecule has 0 bridgehead atoms. The number of rotatable bonds is 8. The monoisotopic (exact) mass is 310 g/mol. The predicted molar refractivity (Wildman–Crippen MR) is 85.1 cm³/mol. The van der Waals surface area contributed by atoms with Crippen LogP contribution in [0.1, 0.15) is 38.7 Å². The summed E-state index contributed by atoms with van der Waals surface area (Å²) in [5.74, 6) is 0.0100. The fourth-order valence-electron chi connectivity index (χ4n) is 1.94. The highest BCUT2D eigenvalue weighted by molar-refractivity contribution is 6.31. The van der Waals surface area contributed by atoms with Crippen LogP contribution >= 0.6 is 11.6 Å². The number of nitrogens with zero attached hydrogens (tertiary/aromatic N) is 1. The molecule has 0 spiro atoms. The first-order valence-electron chi connectivity index (χ1n) is 7.30. The third kappa shape index (κ3) is 6.63. The highest BCUT2D eigenvalue weighted by atomic mass is 35.5. The minimum atomic E-state index is -0.0299. The smallest absolute Gasteiger partial charge is 0.220 e. The normalized spacial score (nSPS) is 10.2. The van der Waals surface area contributed by atoms with E-state index >= 15 is 0 Å². The van der Waals surface area contributed by atoms with Crippen molar-refractivity contribution < 1.29 is 9.59 Å². The number of carbonyl (C=O) groups is 2. The standard InChI is InChI=1S/C16H23ClN2O2/c1-3-4-9-16(21)18-10-11-19(13(2)20)12-14-7-5-6-8-15(14)17/h5-8H,3-4,9-12H2,1-2H3,(H,18,21). The van der Waals surface area contributed by atoms with Crippen molar-refractivity contribution in [3.63, 3.8) is 0 Å². The molecule has 1 rings (SSSR count). The lowest BCUT2D eigenvalue weighted by Crippen LogP contribution is -2.37. The van der Waals surface area contributed by atoms with Crippen molar-refractivity contribution >= 4 is 23.4 Å². The molecule has 0 radical (unpaired) electrons. The second-order valence-corrected chi connectivity index (χ2v) is 5.39. The van der Waals surface area contributed by atoms with Gasteiger partial charge >= 0.3 is 0 Å². The summed E-state index contributed by atoms with van der Waals surface area (Å²) in [6, 6.07) is 7.46. The van der Waals surface area contributed by atoms with Gasteiger partial charge < -0.3 is 10.2 Å². The first-order chi connectivity index (χ1) is 10.0. The molecule has 1 aromatic carbocycles. The van der Waals surface area contributed by atoms with E-state index in [0.717, 1.165) is 18.4 Å². The molecule has 4 nitrogen and oxygen atoms in total. The Hall–Kier alpha value is -1.55. The van der Waals surface area contributed by atoms with Crippen molar-refractivity contribution in [3.8, 4) is 0 Å². The molecule has 0 aliphatic rings. The molecule has 0 unspecified atom stereocenters. The zero-order chi connectivity index (χ0) is 15.7. The fourth-order valence-corrected chi connectivity index (χ4v) is 2.13. The van der Waals surface area contributed by atoms with Crippen molar-refractivity contribution in [3.05, 3.63) is 34.9 Å².